The highest BCUT2D eigenvalue weighted by Crippen LogP contribution is 2.37. The van der Waals surface area contributed by atoms with Crippen LogP contribution >= 0.6 is 11.8 Å². The van der Waals surface area contributed by atoms with Crippen LogP contribution in [0.5, 0.6) is 0 Å². The van der Waals surface area contributed by atoms with E-state index in [1.807, 2.05) is 0 Å². The van der Waals surface area contributed by atoms with Crippen molar-refractivity contribution in [1.29, 1.82) is 0 Å². The van der Waals surface area contributed by atoms with E-state index in [2.05, 4.69) is 0 Å². The highest BCUT2D eigenvalue weighted by Gasteiger charge is 2.40. The fourth-order valence-electron chi connectivity index (χ4n) is 0.969. The molecular formula is C9H9F2NO2S. The van der Waals surface area contributed by atoms with Gasteiger partial charge in [-0.15, -0.1) is 0 Å². The number of thioether (sulfide) groups is 1. The monoisotopic (exact) mass is 233 g/mol. The Morgan fingerprint density at radius 1 is 1.53 bits per heavy atom. The fraction of sp³-hybridized carbons (Fsp3) is 0.222. The summed E-state index contributed by atoms with van der Waals surface area (Å²) in [4.78, 5) is 10.4. The lowest BCUT2D eigenvalue weighted by molar-refractivity contribution is -0.152. The molecule has 0 radical (unpaired) electrons. The highest BCUT2D eigenvalue weighted by atomic mass is 32.2. The number of halogens is 2. The summed E-state index contributed by atoms with van der Waals surface area (Å²) < 4.78 is 25.7. The molecule has 1 aromatic carbocycles. The van der Waals surface area contributed by atoms with Gasteiger partial charge in [0.05, 0.1) is 0 Å². The minimum absolute atomic E-state index is 0.000880. The third kappa shape index (κ3) is 2.82. The number of nitrogens with two attached hydrogens (primary N) is 1. The Balaban J connectivity index is 2.95. The molecule has 1 aromatic rings. The van der Waals surface area contributed by atoms with E-state index >= 15 is 0 Å². The van der Waals surface area contributed by atoms with E-state index < -0.39 is 11.2 Å². The van der Waals surface area contributed by atoms with Crippen molar-refractivity contribution in [2.45, 2.75) is 17.1 Å². The van der Waals surface area contributed by atoms with Crippen molar-refractivity contribution < 1.29 is 18.7 Å². The normalized spacial score (nSPS) is 11.4. The molecule has 1 rings (SSSR count). The molecule has 0 aromatic heterocycles. The van der Waals surface area contributed by atoms with Crippen LogP contribution in [-0.4, -0.2) is 16.3 Å². The van der Waals surface area contributed by atoms with Gasteiger partial charge in [0.15, 0.2) is 0 Å². The van der Waals surface area contributed by atoms with E-state index in [1.54, 1.807) is 6.92 Å². The van der Waals surface area contributed by atoms with Crippen LogP contribution in [0.3, 0.4) is 0 Å². The van der Waals surface area contributed by atoms with Gasteiger partial charge < -0.3 is 10.8 Å². The lowest BCUT2D eigenvalue weighted by Gasteiger charge is -2.12. The smallest absolute Gasteiger partial charge is 0.393 e. The molecule has 0 spiro atoms. The van der Waals surface area contributed by atoms with E-state index in [1.165, 1.54) is 18.2 Å². The second-order valence-electron chi connectivity index (χ2n) is 2.95. The number of carboxylic acid groups (broad SMARTS) is 1. The summed E-state index contributed by atoms with van der Waals surface area (Å²) in [6.45, 7) is 1.59. The molecule has 15 heavy (non-hydrogen) atoms. The van der Waals surface area contributed by atoms with Crippen LogP contribution in [0, 0.1) is 6.92 Å². The van der Waals surface area contributed by atoms with Gasteiger partial charge in [-0.3, -0.25) is 0 Å². The number of aryl methyl sites for hydroxylation is 1. The van der Waals surface area contributed by atoms with Crippen molar-refractivity contribution in [2.24, 2.45) is 0 Å². The molecule has 0 aliphatic heterocycles. The van der Waals surface area contributed by atoms with Gasteiger partial charge in [0.1, 0.15) is 0 Å². The fourth-order valence-corrected chi connectivity index (χ4v) is 1.69. The quantitative estimate of drug-likeness (QED) is 0.621. The number of anilines is 1. The van der Waals surface area contributed by atoms with Crippen LogP contribution in [0.15, 0.2) is 23.1 Å². The Bertz CT molecular complexity index is 396. The van der Waals surface area contributed by atoms with Gasteiger partial charge in [-0.25, -0.2) is 4.79 Å². The topological polar surface area (TPSA) is 63.3 Å². The van der Waals surface area contributed by atoms with Gasteiger partial charge in [-0.2, -0.15) is 8.78 Å². The van der Waals surface area contributed by atoms with Crippen LogP contribution in [0.2, 0.25) is 0 Å². The largest absolute Gasteiger partial charge is 0.476 e. The predicted octanol–water partition coefficient (Wildman–Crippen LogP) is 2.35. The molecule has 0 aliphatic rings. The first-order chi connectivity index (χ1) is 6.83. The summed E-state index contributed by atoms with van der Waals surface area (Å²) in [5.41, 5.74) is 6.42. The molecule has 0 heterocycles. The van der Waals surface area contributed by atoms with Crippen LogP contribution in [-0.2, 0) is 4.79 Å². The number of nitrogen functional groups attached to an aromatic ring is 1. The van der Waals surface area contributed by atoms with Crippen molar-refractivity contribution in [1.82, 2.24) is 0 Å². The Kier molecular flexibility index (Phi) is 3.18. The Morgan fingerprint density at radius 2 is 2.13 bits per heavy atom. The number of hydrogen-bond donors (Lipinski definition) is 2. The molecule has 0 amide bonds. The van der Waals surface area contributed by atoms with Crippen molar-refractivity contribution in [3.05, 3.63) is 23.8 Å². The molecule has 0 aliphatic carbocycles. The number of rotatable bonds is 3. The van der Waals surface area contributed by atoms with Crippen LogP contribution in [0.4, 0.5) is 14.5 Å². The third-order valence-electron chi connectivity index (χ3n) is 1.69. The van der Waals surface area contributed by atoms with Gasteiger partial charge in [0, 0.05) is 10.6 Å². The minimum atomic E-state index is -3.82. The van der Waals surface area contributed by atoms with Crippen LogP contribution in [0.25, 0.3) is 0 Å². The average Bonchev–Trinajstić information content (AvgIpc) is 2.09. The highest BCUT2D eigenvalue weighted by molar-refractivity contribution is 8.01. The van der Waals surface area contributed by atoms with Crippen LogP contribution in [0.1, 0.15) is 5.56 Å². The second-order valence-corrected chi connectivity index (χ2v) is 4.11. The maximum Gasteiger partial charge on any atom is 0.393 e. The molecule has 0 unspecified atom stereocenters. The summed E-state index contributed by atoms with van der Waals surface area (Å²) in [7, 11) is 0. The molecule has 3 N–H and O–H groups in total. The molecule has 6 heteroatoms. The van der Waals surface area contributed by atoms with Crippen molar-refractivity contribution in [3.8, 4) is 0 Å². The van der Waals surface area contributed by atoms with E-state index in [4.69, 9.17) is 10.8 Å². The van der Waals surface area contributed by atoms with Crippen molar-refractivity contribution in [2.75, 3.05) is 5.73 Å². The number of hydrogen-bond acceptors (Lipinski definition) is 3. The SMILES string of the molecule is Cc1cc(N)ccc1SC(F)(F)C(=O)O. The van der Waals surface area contributed by atoms with Gasteiger partial charge in [-0.05, 0) is 42.4 Å². The molecule has 0 atom stereocenters. The van der Waals surface area contributed by atoms with E-state index in [-0.39, 0.29) is 16.7 Å². The molecular weight excluding hydrogens is 224 g/mol. The Hall–Kier alpha value is -1.30. The number of carboxylic acids is 1. The standard InChI is InChI=1S/C9H9F2NO2S/c1-5-4-6(12)2-3-7(5)15-9(10,11)8(13)14/h2-4H,12H2,1H3,(H,13,14). The van der Waals surface area contributed by atoms with Crippen LogP contribution < -0.4 is 5.73 Å². The zero-order chi connectivity index (χ0) is 11.6. The first-order valence-corrected chi connectivity index (χ1v) is 4.81. The third-order valence-corrected chi connectivity index (χ3v) is 2.80. The zero-order valence-corrected chi connectivity index (χ0v) is 8.65. The molecule has 82 valence electrons. The van der Waals surface area contributed by atoms with Gasteiger partial charge in [0.2, 0.25) is 0 Å². The molecule has 3 nitrogen and oxygen atoms in total. The summed E-state index contributed by atoms with van der Waals surface area (Å²) in [6, 6.07) is 4.35. The van der Waals surface area contributed by atoms with Gasteiger partial charge in [-0.1, -0.05) is 0 Å². The lowest BCUT2D eigenvalue weighted by atomic mass is 10.2. The first kappa shape index (κ1) is 11.8. The van der Waals surface area contributed by atoms with E-state index in [0.717, 1.165) is 0 Å². The molecule has 0 saturated heterocycles. The van der Waals surface area contributed by atoms with E-state index in [9.17, 15) is 13.6 Å². The minimum Gasteiger partial charge on any atom is -0.476 e. The van der Waals surface area contributed by atoms with Crippen molar-refractivity contribution >= 4 is 23.4 Å². The maximum absolute atomic E-state index is 12.8. The second kappa shape index (κ2) is 4.06. The predicted molar refractivity (Wildman–Crippen MR) is 54.0 cm³/mol. The first-order valence-electron chi connectivity index (χ1n) is 3.99. The van der Waals surface area contributed by atoms with Crippen molar-refractivity contribution in [3.63, 3.8) is 0 Å². The Labute approximate surface area is 89.3 Å². The van der Waals surface area contributed by atoms with E-state index in [0.29, 0.717) is 11.3 Å². The number of aliphatic carboxylic acids is 1. The summed E-state index contributed by atoms with van der Waals surface area (Å²) in [5, 5.41) is 4.43. The average molecular weight is 233 g/mol. The summed E-state index contributed by atoms with van der Waals surface area (Å²) >= 11 is 0.000880. The molecule has 0 saturated carbocycles. The summed E-state index contributed by atoms with van der Waals surface area (Å²) in [5.74, 6) is -2.15. The summed E-state index contributed by atoms with van der Waals surface area (Å²) in [6.07, 6.45) is 0. The lowest BCUT2D eigenvalue weighted by Crippen LogP contribution is -2.23. The number of alkyl halides is 2. The Morgan fingerprint density at radius 3 is 2.60 bits per heavy atom. The molecule has 0 fully saturated rings. The van der Waals surface area contributed by atoms with Gasteiger partial charge >= 0.3 is 11.2 Å². The number of carbonyl (C=O) groups is 1. The zero-order valence-electron chi connectivity index (χ0n) is 7.83. The molecule has 0 bridgehead atoms. The maximum atomic E-state index is 12.8. The van der Waals surface area contributed by atoms with Gasteiger partial charge in [0.25, 0.3) is 0 Å². The number of benzene rings is 1.